The van der Waals surface area contributed by atoms with Crippen LogP contribution < -0.4 is 5.32 Å². The molecule has 1 saturated carbocycles. The highest BCUT2D eigenvalue weighted by atomic mass is 16.2. The largest absolute Gasteiger partial charge is 0.338 e. The predicted molar refractivity (Wildman–Crippen MR) is 60.7 cm³/mol. The normalized spacial score (nSPS) is 35.1. The molecule has 1 saturated heterocycles. The fourth-order valence-electron chi connectivity index (χ4n) is 3.30. The van der Waals surface area contributed by atoms with Crippen molar-refractivity contribution in [1.29, 1.82) is 0 Å². The molecule has 0 spiro atoms. The lowest BCUT2D eigenvalue weighted by atomic mass is 9.85. The van der Waals surface area contributed by atoms with Gasteiger partial charge in [0, 0.05) is 18.6 Å². The van der Waals surface area contributed by atoms with Crippen molar-refractivity contribution in [3.05, 3.63) is 0 Å². The first kappa shape index (κ1) is 10.8. The molecule has 0 aromatic carbocycles. The molecule has 15 heavy (non-hydrogen) atoms. The van der Waals surface area contributed by atoms with Gasteiger partial charge in [0.15, 0.2) is 0 Å². The van der Waals surface area contributed by atoms with Crippen LogP contribution in [-0.2, 0) is 0 Å². The zero-order chi connectivity index (χ0) is 10.8. The van der Waals surface area contributed by atoms with Gasteiger partial charge in [0.1, 0.15) is 0 Å². The van der Waals surface area contributed by atoms with E-state index in [1.54, 1.807) is 0 Å². The van der Waals surface area contributed by atoms with E-state index < -0.39 is 0 Å². The highest BCUT2D eigenvalue weighted by molar-refractivity contribution is 5.75. The van der Waals surface area contributed by atoms with E-state index in [2.05, 4.69) is 17.1 Å². The van der Waals surface area contributed by atoms with E-state index in [-0.39, 0.29) is 6.03 Å². The van der Waals surface area contributed by atoms with Crippen LogP contribution in [0, 0.1) is 5.92 Å². The van der Waals surface area contributed by atoms with Gasteiger partial charge in [-0.25, -0.2) is 4.79 Å². The maximum absolute atomic E-state index is 11.9. The molecular formula is C12H22N2O. The first-order valence-electron chi connectivity index (χ1n) is 6.30. The molecule has 2 rings (SSSR count). The molecular weight excluding hydrogens is 188 g/mol. The lowest BCUT2D eigenvalue weighted by Gasteiger charge is -2.33. The van der Waals surface area contributed by atoms with Gasteiger partial charge in [-0.3, -0.25) is 0 Å². The summed E-state index contributed by atoms with van der Waals surface area (Å²) in [4.78, 5) is 14.0. The van der Waals surface area contributed by atoms with Crippen molar-refractivity contribution in [2.24, 2.45) is 5.92 Å². The van der Waals surface area contributed by atoms with Crippen LogP contribution in [0.3, 0.4) is 0 Å². The molecule has 1 aliphatic heterocycles. The van der Waals surface area contributed by atoms with Crippen molar-refractivity contribution < 1.29 is 4.79 Å². The summed E-state index contributed by atoms with van der Waals surface area (Å²) in [7, 11) is 0. The number of nitrogens with one attached hydrogen (secondary N) is 1. The summed E-state index contributed by atoms with van der Waals surface area (Å²) in [5.41, 5.74) is 0. The van der Waals surface area contributed by atoms with Crippen LogP contribution in [0.5, 0.6) is 0 Å². The number of nitrogens with zero attached hydrogens (tertiary/aromatic N) is 1. The van der Waals surface area contributed by atoms with Gasteiger partial charge >= 0.3 is 6.03 Å². The average molecular weight is 210 g/mol. The number of rotatable bonds is 1. The number of likely N-dealkylation sites (tertiary alicyclic amines) is 1. The fourth-order valence-corrected chi connectivity index (χ4v) is 3.30. The number of hydrogen-bond acceptors (Lipinski definition) is 1. The Kier molecular flexibility index (Phi) is 3.17. The maximum atomic E-state index is 11.9. The van der Waals surface area contributed by atoms with Gasteiger partial charge in [0.05, 0.1) is 0 Å². The van der Waals surface area contributed by atoms with E-state index in [1.165, 1.54) is 32.1 Å². The highest BCUT2D eigenvalue weighted by Gasteiger charge is 2.42. The molecule has 2 aliphatic rings. The molecule has 1 aliphatic carbocycles. The van der Waals surface area contributed by atoms with E-state index in [9.17, 15) is 4.79 Å². The number of urea groups is 1. The molecule has 3 heteroatoms. The second kappa shape index (κ2) is 4.42. The molecule has 86 valence electrons. The molecule has 1 heterocycles. The van der Waals surface area contributed by atoms with E-state index in [1.807, 2.05) is 6.92 Å². The SMILES string of the molecule is CCNC(=O)N1C(C)CC2CCCCC21. The number of fused-ring (bicyclic) bond motifs is 1. The van der Waals surface area contributed by atoms with Crippen molar-refractivity contribution in [1.82, 2.24) is 10.2 Å². The van der Waals surface area contributed by atoms with Gasteiger partial charge in [0.25, 0.3) is 0 Å². The zero-order valence-corrected chi connectivity index (χ0v) is 9.83. The van der Waals surface area contributed by atoms with Crippen molar-refractivity contribution in [2.75, 3.05) is 6.54 Å². The Hall–Kier alpha value is -0.730. The Morgan fingerprint density at radius 3 is 2.87 bits per heavy atom. The van der Waals surface area contributed by atoms with Gasteiger partial charge in [-0.2, -0.15) is 0 Å². The van der Waals surface area contributed by atoms with Gasteiger partial charge in [-0.05, 0) is 39.0 Å². The van der Waals surface area contributed by atoms with Crippen LogP contribution in [0.25, 0.3) is 0 Å². The third-order valence-electron chi connectivity index (χ3n) is 3.91. The Morgan fingerprint density at radius 1 is 1.40 bits per heavy atom. The van der Waals surface area contributed by atoms with Crippen LogP contribution in [-0.4, -0.2) is 29.6 Å². The molecule has 3 nitrogen and oxygen atoms in total. The first-order valence-corrected chi connectivity index (χ1v) is 6.30. The predicted octanol–water partition coefficient (Wildman–Crippen LogP) is 2.37. The Bertz CT molecular complexity index is 242. The topological polar surface area (TPSA) is 32.3 Å². The minimum Gasteiger partial charge on any atom is -0.338 e. The summed E-state index contributed by atoms with van der Waals surface area (Å²) < 4.78 is 0. The summed E-state index contributed by atoms with van der Waals surface area (Å²) in [6.07, 6.45) is 6.40. The van der Waals surface area contributed by atoms with E-state index in [0.29, 0.717) is 12.1 Å². The number of carbonyl (C=O) groups excluding carboxylic acids is 1. The summed E-state index contributed by atoms with van der Waals surface area (Å²) in [6.45, 7) is 4.91. The van der Waals surface area contributed by atoms with Gasteiger partial charge in [-0.15, -0.1) is 0 Å². The van der Waals surface area contributed by atoms with E-state index in [0.717, 1.165) is 12.5 Å². The highest BCUT2D eigenvalue weighted by Crippen LogP contribution is 2.39. The van der Waals surface area contributed by atoms with Crippen molar-refractivity contribution in [3.8, 4) is 0 Å². The standard InChI is InChI=1S/C12H22N2O/c1-3-13-12(15)14-9(2)8-10-6-4-5-7-11(10)14/h9-11H,3-8H2,1-2H3,(H,13,15). The molecule has 0 radical (unpaired) electrons. The molecule has 2 amide bonds. The Labute approximate surface area is 92.2 Å². The third kappa shape index (κ3) is 1.97. The summed E-state index contributed by atoms with van der Waals surface area (Å²) in [5, 5.41) is 2.94. The van der Waals surface area contributed by atoms with Gasteiger partial charge in [0.2, 0.25) is 0 Å². The molecule has 0 bridgehead atoms. The first-order chi connectivity index (χ1) is 7.24. The molecule has 0 aromatic rings. The summed E-state index contributed by atoms with van der Waals surface area (Å²) in [5.74, 6) is 0.774. The summed E-state index contributed by atoms with van der Waals surface area (Å²) in [6, 6.07) is 1.12. The van der Waals surface area contributed by atoms with Crippen LogP contribution in [0.2, 0.25) is 0 Å². The second-order valence-electron chi connectivity index (χ2n) is 4.94. The van der Waals surface area contributed by atoms with Crippen LogP contribution in [0.4, 0.5) is 4.79 Å². The lowest BCUT2D eigenvalue weighted by molar-refractivity contribution is 0.156. The van der Waals surface area contributed by atoms with Gasteiger partial charge in [-0.1, -0.05) is 12.8 Å². The Balaban J connectivity index is 2.05. The molecule has 1 N–H and O–H groups in total. The quantitative estimate of drug-likeness (QED) is 0.708. The lowest BCUT2D eigenvalue weighted by Crippen LogP contribution is -2.47. The van der Waals surface area contributed by atoms with Crippen molar-refractivity contribution in [2.45, 2.75) is 58.0 Å². The van der Waals surface area contributed by atoms with Crippen molar-refractivity contribution in [3.63, 3.8) is 0 Å². The zero-order valence-electron chi connectivity index (χ0n) is 9.83. The molecule has 0 aromatic heterocycles. The Morgan fingerprint density at radius 2 is 2.13 bits per heavy atom. The van der Waals surface area contributed by atoms with Crippen molar-refractivity contribution >= 4 is 6.03 Å². The number of amides is 2. The molecule has 2 fully saturated rings. The minimum absolute atomic E-state index is 0.152. The monoisotopic (exact) mass is 210 g/mol. The van der Waals surface area contributed by atoms with E-state index in [4.69, 9.17) is 0 Å². The second-order valence-corrected chi connectivity index (χ2v) is 4.94. The van der Waals surface area contributed by atoms with Gasteiger partial charge < -0.3 is 10.2 Å². The third-order valence-corrected chi connectivity index (χ3v) is 3.91. The van der Waals surface area contributed by atoms with Crippen LogP contribution in [0.15, 0.2) is 0 Å². The van der Waals surface area contributed by atoms with E-state index >= 15 is 0 Å². The maximum Gasteiger partial charge on any atom is 0.317 e. The fraction of sp³-hybridized carbons (Fsp3) is 0.917. The van der Waals surface area contributed by atoms with Crippen LogP contribution >= 0.6 is 0 Å². The molecule has 3 atom stereocenters. The minimum atomic E-state index is 0.152. The average Bonchev–Trinajstić information content (AvgIpc) is 2.54. The number of carbonyl (C=O) groups is 1. The van der Waals surface area contributed by atoms with Crippen LogP contribution in [0.1, 0.15) is 46.0 Å². The number of hydrogen-bond donors (Lipinski definition) is 1. The molecule has 3 unspecified atom stereocenters. The smallest absolute Gasteiger partial charge is 0.317 e. The summed E-state index contributed by atoms with van der Waals surface area (Å²) >= 11 is 0.